The van der Waals surface area contributed by atoms with E-state index in [9.17, 15) is 0 Å². The first-order valence-electron chi connectivity index (χ1n) is 3.70. The Morgan fingerprint density at radius 3 is 2.27 bits per heavy atom. The molecule has 0 amide bonds. The van der Waals surface area contributed by atoms with Crippen molar-refractivity contribution in [2.45, 2.75) is 20.8 Å². The van der Waals surface area contributed by atoms with Crippen LogP contribution in [0.2, 0.25) is 0 Å². The minimum atomic E-state index is 1.01. The van der Waals surface area contributed by atoms with Gasteiger partial charge in [-0.05, 0) is 43.5 Å². The average Bonchev–Trinajstić information content (AvgIpc) is 2.01. The van der Waals surface area contributed by atoms with Gasteiger partial charge in [-0.15, -0.1) is 0 Å². The smallest absolute Gasteiger partial charge is 0.0517 e. The maximum Gasteiger partial charge on any atom is 0.0517 e. The summed E-state index contributed by atoms with van der Waals surface area (Å²) < 4.78 is 0. The number of anilines is 1. The maximum atomic E-state index is 5.32. The van der Waals surface area contributed by atoms with Crippen LogP contribution in [0.4, 0.5) is 5.69 Å². The first-order chi connectivity index (χ1) is 5.16. The maximum absolute atomic E-state index is 5.32. The lowest BCUT2D eigenvalue weighted by atomic mass is 10.0. The molecule has 11 heavy (non-hydrogen) atoms. The first kappa shape index (κ1) is 8.08. The summed E-state index contributed by atoms with van der Waals surface area (Å²) in [6, 6.07) is 4.06. The quantitative estimate of drug-likeness (QED) is 0.474. The topological polar surface area (TPSA) is 38.0 Å². The third-order valence-electron chi connectivity index (χ3n) is 2.21. The van der Waals surface area contributed by atoms with E-state index in [0.29, 0.717) is 0 Å². The van der Waals surface area contributed by atoms with Crippen molar-refractivity contribution in [3.8, 4) is 0 Å². The SMILES string of the molecule is Cc1ccc(NN)c(C)c1C. The Balaban J connectivity index is 3.25. The molecular weight excluding hydrogens is 136 g/mol. The van der Waals surface area contributed by atoms with Crippen LogP contribution in [0, 0.1) is 20.8 Å². The van der Waals surface area contributed by atoms with Crippen LogP contribution in [0.15, 0.2) is 12.1 Å². The van der Waals surface area contributed by atoms with E-state index in [2.05, 4.69) is 32.3 Å². The predicted octanol–water partition coefficient (Wildman–Crippen LogP) is 1.90. The Hall–Kier alpha value is -1.02. The number of hydrazine groups is 1. The van der Waals surface area contributed by atoms with Gasteiger partial charge in [0.2, 0.25) is 0 Å². The molecule has 0 radical (unpaired) electrons. The van der Waals surface area contributed by atoms with Crippen molar-refractivity contribution in [1.82, 2.24) is 0 Å². The highest BCUT2D eigenvalue weighted by molar-refractivity contribution is 5.55. The van der Waals surface area contributed by atoms with Crippen molar-refractivity contribution >= 4 is 5.69 Å². The number of nitrogens with one attached hydrogen (secondary N) is 1. The number of benzene rings is 1. The van der Waals surface area contributed by atoms with Gasteiger partial charge in [0.1, 0.15) is 0 Å². The van der Waals surface area contributed by atoms with E-state index in [1.807, 2.05) is 6.07 Å². The molecule has 1 aromatic carbocycles. The average molecular weight is 150 g/mol. The Bertz CT molecular complexity index is 267. The number of rotatable bonds is 1. The highest BCUT2D eigenvalue weighted by Crippen LogP contribution is 2.19. The van der Waals surface area contributed by atoms with Crippen LogP contribution in [0.25, 0.3) is 0 Å². The van der Waals surface area contributed by atoms with Crippen LogP contribution in [-0.4, -0.2) is 0 Å². The molecule has 1 rings (SSSR count). The summed E-state index contributed by atoms with van der Waals surface area (Å²) in [5.41, 5.74) is 7.51. The number of aryl methyl sites for hydroxylation is 1. The molecule has 0 unspecified atom stereocenters. The molecule has 0 fully saturated rings. The molecule has 60 valence electrons. The fourth-order valence-corrected chi connectivity index (χ4v) is 1.11. The highest BCUT2D eigenvalue weighted by atomic mass is 15.2. The Kier molecular flexibility index (Phi) is 2.15. The molecule has 3 N–H and O–H groups in total. The van der Waals surface area contributed by atoms with Gasteiger partial charge in [0.05, 0.1) is 5.69 Å². The van der Waals surface area contributed by atoms with Crippen molar-refractivity contribution in [2.75, 3.05) is 5.43 Å². The van der Waals surface area contributed by atoms with Crippen molar-refractivity contribution in [3.63, 3.8) is 0 Å². The van der Waals surface area contributed by atoms with E-state index in [1.54, 1.807) is 0 Å². The van der Waals surface area contributed by atoms with Crippen LogP contribution in [-0.2, 0) is 0 Å². The lowest BCUT2D eigenvalue weighted by Crippen LogP contribution is -2.08. The summed E-state index contributed by atoms with van der Waals surface area (Å²) in [6.07, 6.45) is 0. The minimum absolute atomic E-state index is 1.01. The molecular formula is C9H14N2. The predicted molar refractivity (Wildman–Crippen MR) is 48.5 cm³/mol. The highest BCUT2D eigenvalue weighted by Gasteiger charge is 2.00. The van der Waals surface area contributed by atoms with Crippen LogP contribution >= 0.6 is 0 Å². The van der Waals surface area contributed by atoms with Crippen molar-refractivity contribution in [1.29, 1.82) is 0 Å². The van der Waals surface area contributed by atoms with Gasteiger partial charge in [0.15, 0.2) is 0 Å². The van der Waals surface area contributed by atoms with Gasteiger partial charge in [-0.3, -0.25) is 5.84 Å². The summed E-state index contributed by atoms with van der Waals surface area (Å²) in [5, 5.41) is 0. The third-order valence-corrected chi connectivity index (χ3v) is 2.21. The van der Waals surface area contributed by atoms with Crippen molar-refractivity contribution < 1.29 is 0 Å². The summed E-state index contributed by atoms with van der Waals surface area (Å²) in [5.74, 6) is 5.32. The van der Waals surface area contributed by atoms with E-state index in [4.69, 9.17) is 5.84 Å². The Morgan fingerprint density at radius 2 is 1.73 bits per heavy atom. The number of hydrogen-bond acceptors (Lipinski definition) is 2. The molecule has 0 aromatic heterocycles. The fourth-order valence-electron chi connectivity index (χ4n) is 1.11. The second-order valence-electron chi connectivity index (χ2n) is 2.82. The zero-order valence-corrected chi connectivity index (χ0v) is 7.23. The van der Waals surface area contributed by atoms with E-state index in [1.165, 1.54) is 16.7 Å². The zero-order chi connectivity index (χ0) is 8.43. The minimum Gasteiger partial charge on any atom is -0.324 e. The molecule has 1 aromatic rings. The van der Waals surface area contributed by atoms with E-state index < -0.39 is 0 Å². The molecule has 0 heterocycles. The molecule has 0 aliphatic rings. The summed E-state index contributed by atoms with van der Waals surface area (Å²) in [7, 11) is 0. The van der Waals surface area contributed by atoms with Gasteiger partial charge in [0, 0.05) is 0 Å². The second kappa shape index (κ2) is 2.93. The summed E-state index contributed by atoms with van der Waals surface area (Å²) in [4.78, 5) is 0. The van der Waals surface area contributed by atoms with Crippen LogP contribution in [0.5, 0.6) is 0 Å². The van der Waals surface area contributed by atoms with E-state index >= 15 is 0 Å². The largest absolute Gasteiger partial charge is 0.324 e. The third kappa shape index (κ3) is 1.35. The molecule has 0 spiro atoms. The van der Waals surface area contributed by atoms with Crippen LogP contribution in [0.3, 0.4) is 0 Å². The Morgan fingerprint density at radius 1 is 1.09 bits per heavy atom. The first-order valence-corrected chi connectivity index (χ1v) is 3.70. The molecule has 2 heteroatoms. The van der Waals surface area contributed by atoms with Gasteiger partial charge < -0.3 is 5.43 Å². The van der Waals surface area contributed by atoms with Gasteiger partial charge in [0.25, 0.3) is 0 Å². The Labute approximate surface area is 67.4 Å². The second-order valence-corrected chi connectivity index (χ2v) is 2.82. The number of nitrogens with two attached hydrogens (primary N) is 1. The summed E-state index contributed by atoms with van der Waals surface area (Å²) >= 11 is 0. The molecule has 0 aliphatic heterocycles. The van der Waals surface area contributed by atoms with Crippen molar-refractivity contribution in [3.05, 3.63) is 28.8 Å². The van der Waals surface area contributed by atoms with Gasteiger partial charge in [-0.25, -0.2) is 0 Å². The number of hydrogen-bond donors (Lipinski definition) is 2. The van der Waals surface area contributed by atoms with Gasteiger partial charge >= 0.3 is 0 Å². The fraction of sp³-hybridized carbons (Fsp3) is 0.333. The van der Waals surface area contributed by atoms with Gasteiger partial charge in [-0.1, -0.05) is 6.07 Å². The molecule has 0 saturated carbocycles. The lowest BCUT2D eigenvalue weighted by Gasteiger charge is -2.09. The lowest BCUT2D eigenvalue weighted by molar-refractivity contribution is 1.23. The van der Waals surface area contributed by atoms with E-state index in [-0.39, 0.29) is 0 Å². The zero-order valence-electron chi connectivity index (χ0n) is 7.23. The van der Waals surface area contributed by atoms with Crippen LogP contribution < -0.4 is 11.3 Å². The monoisotopic (exact) mass is 150 g/mol. The van der Waals surface area contributed by atoms with E-state index in [0.717, 1.165) is 5.69 Å². The number of nitrogen functional groups attached to an aromatic ring is 1. The molecule has 0 saturated heterocycles. The molecule has 0 bridgehead atoms. The molecule has 0 atom stereocenters. The normalized spacial score (nSPS) is 9.82. The molecule has 2 nitrogen and oxygen atoms in total. The molecule has 0 aliphatic carbocycles. The standard InChI is InChI=1S/C9H14N2/c1-6-4-5-9(11-10)8(3)7(6)2/h4-5,11H,10H2,1-3H3. The van der Waals surface area contributed by atoms with Crippen molar-refractivity contribution in [2.24, 2.45) is 5.84 Å². The summed E-state index contributed by atoms with van der Waals surface area (Å²) in [6.45, 7) is 6.27. The van der Waals surface area contributed by atoms with Crippen LogP contribution in [0.1, 0.15) is 16.7 Å². The van der Waals surface area contributed by atoms with Gasteiger partial charge in [-0.2, -0.15) is 0 Å².